The average molecular weight is 256 g/mol. The van der Waals surface area contributed by atoms with E-state index in [1.54, 1.807) is 19.3 Å². The third-order valence-corrected chi connectivity index (χ3v) is 3.07. The van der Waals surface area contributed by atoms with E-state index in [2.05, 4.69) is 5.32 Å². The Kier molecular flexibility index (Phi) is 3.80. The molecule has 0 aliphatic heterocycles. The third kappa shape index (κ3) is 2.91. The highest BCUT2D eigenvalue weighted by atomic mass is 16.2. The topological polar surface area (TPSA) is 51.1 Å². The highest BCUT2D eigenvalue weighted by Crippen LogP contribution is 2.06. The van der Waals surface area contributed by atoms with Crippen LogP contribution < -0.4 is 10.9 Å². The number of rotatable bonds is 3. The molecule has 1 aromatic carbocycles. The van der Waals surface area contributed by atoms with E-state index in [0.29, 0.717) is 6.54 Å². The lowest BCUT2D eigenvalue weighted by molar-refractivity contribution is 0.0949. The fraction of sp³-hybridized carbons (Fsp3) is 0.200. The molecule has 2 rings (SSSR count). The Hall–Kier alpha value is -2.36. The molecular weight excluding hydrogens is 240 g/mol. The van der Waals surface area contributed by atoms with Gasteiger partial charge in [0, 0.05) is 19.8 Å². The van der Waals surface area contributed by atoms with Crippen molar-refractivity contribution < 1.29 is 4.79 Å². The number of carbonyl (C=O) groups is 1. The van der Waals surface area contributed by atoms with Crippen molar-refractivity contribution in [3.8, 4) is 0 Å². The lowest BCUT2D eigenvalue weighted by Crippen LogP contribution is -2.31. The number of pyridine rings is 1. The molecule has 4 nitrogen and oxygen atoms in total. The van der Waals surface area contributed by atoms with Gasteiger partial charge in [0.05, 0.1) is 0 Å². The molecule has 0 aliphatic carbocycles. The fourth-order valence-electron chi connectivity index (χ4n) is 1.85. The molecule has 0 atom stereocenters. The van der Waals surface area contributed by atoms with Crippen LogP contribution in [0.3, 0.4) is 0 Å². The normalized spacial score (nSPS) is 10.2. The van der Waals surface area contributed by atoms with E-state index in [-0.39, 0.29) is 17.0 Å². The zero-order valence-electron chi connectivity index (χ0n) is 11.0. The van der Waals surface area contributed by atoms with Crippen molar-refractivity contribution in [1.29, 1.82) is 0 Å². The molecule has 1 amide bonds. The van der Waals surface area contributed by atoms with Crippen LogP contribution in [0, 0.1) is 6.92 Å². The fourth-order valence-corrected chi connectivity index (χ4v) is 1.85. The lowest BCUT2D eigenvalue weighted by atomic mass is 10.1. The van der Waals surface area contributed by atoms with Crippen molar-refractivity contribution in [2.45, 2.75) is 13.5 Å². The number of benzene rings is 1. The summed E-state index contributed by atoms with van der Waals surface area (Å²) in [6.45, 7) is 2.41. The Labute approximate surface area is 111 Å². The van der Waals surface area contributed by atoms with Gasteiger partial charge in [0.25, 0.3) is 11.5 Å². The molecule has 0 radical (unpaired) electrons. The maximum atomic E-state index is 12.0. The minimum absolute atomic E-state index is 0.165. The van der Waals surface area contributed by atoms with Crippen molar-refractivity contribution >= 4 is 5.91 Å². The molecule has 19 heavy (non-hydrogen) atoms. The first-order valence-corrected chi connectivity index (χ1v) is 6.08. The number of aromatic nitrogens is 1. The molecule has 1 aromatic heterocycles. The van der Waals surface area contributed by atoms with Crippen molar-refractivity contribution in [2.24, 2.45) is 7.05 Å². The Bertz CT molecular complexity index is 659. The second kappa shape index (κ2) is 5.52. The van der Waals surface area contributed by atoms with Gasteiger partial charge in [0.1, 0.15) is 5.56 Å². The summed E-state index contributed by atoms with van der Waals surface area (Å²) in [7, 11) is 1.63. The van der Waals surface area contributed by atoms with Gasteiger partial charge in [-0.1, -0.05) is 24.3 Å². The monoisotopic (exact) mass is 256 g/mol. The van der Waals surface area contributed by atoms with Gasteiger partial charge in [-0.3, -0.25) is 9.59 Å². The number of hydrogen-bond acceptors (Lipinski definition) is 2. The average Bonchev–Trinajstić information content (AvgIpc) is 2.40. The SMILES string of the molecule is Cc1ccccc1CNC(=O)c1cccn(C)c1=O. The van der Waals surface area contributed by atoms with Crippen LogP contribution in [0.2, 0.25) is 0 Å². The van der Waals surface area contributed by atoms with Crippen LogP contribution in [-0.4, -0.2) is 10.5 Å². The molecule has 0 aliphatic rings. The van der Waals surface area contributed by atoms with E-state index >= 15 is 0 Å². The minimum Gasteiger partial charge on any atom is -0.348 e. The molecule has 2 aromatic rings. The second-order valence-electron chi connectivity index (χ2n) is 4.45. The van der Waals surface area contributed by atoms with Gasteiger partial charge in [-0.2, -0.15) is 0 Å². The summed E-state index contributed by atoms with van der Waals surface area (Å²) in [6.07, 6.45) is 1.63. The molecule has 98 valence electrons. The predicted octanol–water partition coefficient (Wildman–Crippen LogP) is 1.62. The molecule has 0 bridgehead atoms. The molecule has 0 unspecified atom stereocenters. The van der Waals surface area contributed by atoms with Crippen molar-refractivity contribution in [2.75, 3.05) is 0 Å². The third-order valence-electron chi connectivity index (χ3n) is 3.07. The van der Waals surface area contributed by atoms with E-state index in [9.17, 15) is 9.59 Å². The van der Waals surface area contributed by atoms with Gasteiger partial charge in [-0.05, 0) is 30.2 Å². The number of nitrogens with one attached hydrogen (secondary N) is 1. The molecule has 1 heterocycles. The Morgan fingerprint density at radius 2 is 1.95 bits per heavy atom. The van der Waals surface area contributed by atoms with Crippen molar-refractivity contribution in [3.63, 3.8) is 0 Å². The van der Waals surface area contributed by atoms with Crippen LogP contribution >= 0.6 is 0 Å². The molecule has 0 fully saturated rings. The Morgan fingerprint density at radius 3 is 2.68 bits per heavy atom. The summed E-state index contributed by atoms with van der Waals surface area (Å²) in [5.41, 5.74) is 2.04. The maximum Gasteiger partial charge on any atom is 0.263 e. The first-order chi connectivity index (χ1) is 9.09. The zero-order valence-corrected chi connectivity index (χ0v) is 11.0. The standard InChI is InChI=1S/C15H16N2O2/c1-11-6-3-4-7-12(11)10-16-14(18)13-8-5-9-17(2)15(13)19/h3-9H,10H2,1-2H3,(H,16,18). The van der Waals surface area contributed by atoms with Crippen LogP contribution in [0.25, 0.3) is 0 Å². The second-order valence-corrected chi connectivity index (χ2v) is 4.45. The molecule has 0 saturated carbocycles. The summed E-state index contributed by atoms with van der Waals surface area (Å²) in [5, 5.41) is 2.77. The first-order valence-electron chi connectivity index (χ1n) is 6.08. The minimum atomic E-state index is -0.343. The summed E-state index contributed by atoms with van der Waals surface area (Å²) < 4.78 is 1.39. The zero-order chi connectivity index (χ0) is 13.8. The van der Waals surface area contributed by atoms with Crippen LogP contribution in [0.4, 0.5) is 0 Å². The molecule has 0 spiro atoms. The Balaban J connectivity index is 2.13. The summed E-state index contributed by atoms with van der Waals surface area (Å²) in [6, 6.07) is 11.0. The first kappa shape index (κ1) is 13.1. The van der Waals surface area contributed by atoms with Gasteiger partial charge in [-0.25, -0.2) is 0 Å². The largest absolute Gasteiger partial charge is 0.348 e. The van der Waals surface area contributed by atoms with Crippen LogP contribution in [-0.2, 0) is 13.6 Å². The quantitative estimate of drug-likeness (QED) is 0.907. The highest BCUT2D eigenvalue weighted by molar-refractivity contribution is 5.93. The smallest absolute Gasteiger partial charge is 0.263 e. The van der Waals surface area contributed by atoms with Crippen LogP contribution in [0.5, 0.6) is 0 Å². The summed E-state index contributed by atoms with van der Waals surface area (Å²) in [5.74, 6) is -0.343. The van der Waals surface area contributed by atoms with E-state index in [1.165, 1.54) is 10.6 Å². The Morgan fingerprint density at radius 1 is 1.21 bits per heavy atom. The summed E-state index contributed by atoms with van der Waals surface area (Å²) >= 11 is 0. The van der Waals surface area contributed by atoms with Gasteiger partial charge < -0.3 is 9.88 Å². The molecular formula is C15H16N2O2. The van der Waals surface area contributed by atoms with E-state index in [0.717, 1.165) is 11.1 Å². The summed E-state index contributed by atoms with van der Waals surface area (Å²) in [4.78, 5) is 23.8. The molecule has 4 heteroatoms. The van der Waals surface area contributed by atoms with Gasteiger partial charge in [0.15, 0.2) is 0 Å². The number of carbonyl (C=O) groups excluding carboxylic acids is 1. The van der Waals surface area contributed by atoms with Crippen LogP contribution in [0.15, 0.2) is 47.4 Å². The number of hydrogen-bond donors (Lipinski definition) is 1. The predicted molar refractivity (Wildman–Crippen MR) is 74.0 cm³/mol. The lowest BCUT2D eigenvalue weighted by Gasteiger charge is -2.08. The van der Waals surface area contributed by atoms with Gasteiger partial charge >= 0.3 is 0 Å². The van der Waals surface area contributed by atoms with Gasteiger partial charge in [-0.15, -0.1) is 0 Å². The molecule has 0 saturated heterocycles. The molecule has 1 N–H and O–H groups in total. The number of amides is 1. The van der Waals surface area contributed by atoms with E-state index in [4.69, 9.17) is 0 Å². The highest BCUT2D eigenvalue weighted by Gasteiger charge is 2.10. The number of aryl methyl sites for hydroxylation is 2. The van der Waals surface area contributed by atoms with Crippen LogP contribution in [0.1, 0.15) is 21.5 Å². The number of nitrogens with zero attached hydrogens (tertiary/aromatic N) is 1. The van der Waals surface area contributed by atoms with E-state index < -0.39 is 0 Å². The van der Waals surface area contributed by atoms with E-state index in [1.807, 2.05) is 31.2 Å². The van der Waals surface area contributed by atoms with Crippen molar-refractivity contribution in [3.05, 3.63) is 69.6 Å². The van der Waals surface area contributed by atoms with Gasteiger partial charge in [0.2, 0.25) is 0 Å². The maximum absolute atomic E-state index is 12.0. The van der Waals surface area contributed by atoms with Crippen molar-refractivity contribution in [1.82, 2.24) is 9.88 Å².